The molecule has 0 aliphatic carbocycles. The molecule has 2 amide bonds. The van der Waals surface area contributed by atoms with Gasteiger partial charge in [0.1, 0.15) is 17.7 Å². The lowest BCUT2D eigenvalue weighted by atomic mass is 10.1. The molecule has 0 spiro atoms. The number of pyridine rings is 1. The summed E-state index contributed by atoms with van der Waals surface area (Å²) in [5.74, 6) is 1.48. The fourth-order valence-electron chi connectivity index (χ4n) is 2.34. The van der Waals surface area contributed by atoms with Crippen LogP contribution >= 0.6 is 0 Å². The third kappa shape index (κ3) is 3.13. The molecule has 1 atom stereocenters. The minimum absolute atomic E-state index is 0.0158. The molecular weight excluding hydrogens is 266 g/mol. The van der Waals surface area contributed by atoms with Gasteiger partial charge in [0.05, 0.1) is 6.54 Å². The van der Waals surface area contributed by atoms with Gasteiger partial charge in [-0.2, -0.15) is 0 Å². The molecule has 1 aliphatic heterocycles. The number of amides is 2. The highest BCUT2D eigenvalue weighted by atomic mass is 16.5. The highest BCUT2D eigenvalue weighted by Gasteiger charge is 2.22. The number of rotatable bonds is 3. The number of fused-ring (bicyclic) bond motifs is 1. The topological polar surface area (TPSA) is 63.2 Å². The van der Waals surface area contributed by atoms with Crippen LogP contribution in [0.2, 0.25) is 0 Å². The van der Waals surface area contributed by atoms with Crippen molar-refractivity contribution in [2.75, 3.05) is 11.9 Å². The molecule has 2 heterocycles. The minimum Gasteiger partial charge on any atom is -0.488 e. The lowest BCUT2D eigenvalue weighted by molar-refractivity contribution is 0.219. The molecule has 21 heavy (non-hydrogen) atoms. The molecule has 0 saturated carbocycles. The van der Waals surface area contributed by atoms with E-state index in [2.05, 4.69) is 15.6 Å². The Labute approximate surface area is 123 Å². The number of aryl methyl sites for hydroxylation is 1. The largest absolute Gasteiger partial charge is 0.488 e. The summed E-state index contributed by atoms with van der Waals surface area (Å²) in [7, 11) is 0. The number of ether oxygens (including phenoxy) is 1. The van der Waals surface area contributed by atoms with Crippen molar-refractivity contribution in [3.63, 3.8) is 0 Å². The predicted molar refractivity (Wildman–Crippen MR) is 80.6 cm³/mol. The van der Waals surface area contributed by atoms with Gasteiger partial charge in [-0.1, -0.05) is 24.3 Å². The van der Waals surface area contributed by atoms with Gasteiger partial charge < -0.3 is 10.1 Å². The summed E-state index contributed by atoms with van der Waals surface area (Å²) in [5.41, 5.74) is 2.11. The molecule has 0 bridgehead atoms. The first-order chi connectivity index (χ1) is 10.2. The lowest BCUT2D eigenvalue weighted by Crippen LogP contribution is -2.37. The minimum atomic E-state index is -0.267. The summed E-state index contributed by atoms with van der Waals surface area (Å²) < 4.78 is 5.77. The van der Waals surface area contributed by atoms with Crippen LogP contribution in [0.25, 0.3) is 0 Å². The first kappa shape index (κ1) is 13.4. The van der Waals surface area contributed by atoms with E-state index in [1.807, 2.05) is 43.3 Å². The number of nitrogens with zero attached hydrogens (tertiary/aromatic N) is 1. The van der Waals surface area contributed by atoms with Crippen molar-refractivity contribution in [1.82, 2.24) is 10.3 Å². The quantitative estimate of drug-likeness (QED) is 0.909. The summed E-state index contributed by atoms with van der Waals surface area (Å²) in [6.45, 7) is 2.37. The van der Waals surface area contributed by atoms with Gasteiger partial charge in [0, 0.05) is 12.6 Å². The molecule has 5 heteroatoms. The number of carbonyl (C=O) groups is 1. The van der Waals surface area contributed by atoms with E-state index in [1.165, 1.54) is 5.56 Å². The summed E-state index contributed by atoms with van der Waals surface area (Å²) in [5, 5.41) is 5.56. The number of nitrogens with one attached hydrogen (secondary N) is 2. The number of carbonyl (C=O) groups excluding carboxylic acids is 1. The zero-order valence-electron chi connectivity index (χ0n) is 11.8. The molecule has 3 rings (SSSR count). The number of para-hydroxylation sites is 1. The van der Waals surface area contributed by atoms with E-state index in [0.717, 1.165) is 17.7 Å². The van der Waals surface area contributed by atoms with E-state index in [0.29, 0.717) is 12.4 Å². The SMILES string of the molecule is Cc1cccnc1NC(=O)NCC1Cc2ccccc2O1. The van der Waals surface area contributed by atoms with E-state index < -0.39 is 0 Å². The van der Waals surface area contributed by atoms with Gasteiger partial charge in [0.2, 0.25) is 0 Å². The Morgan fingerprint density at radius 3 is 3.00 bits per heavy atom. The fraction of sp³-hybridized carbons (Fsp3) is 0.250. The Hall–Kier alpha value is -2.56. The average Bonchev–Trinajstić information content (AvgIpc) is 2.90. The summed E-state index contributed by atoms with van der Waals surface area (Å²) in [6.07, 6.45) is 2.45. The van der Waals surface area contributed by atoms with Crippen molar-refractivity contribution in [1.29, 1.82) is 0 Å². The van der Waals surface area contributed by atoms with Crippen LogP contribution in [0, 0.1) is 6.92 Å². The van der Waals surface area contributed by atoms with Gasteiger partial charge >= 0.3 is 6.03 Å². The monoisotopic (exact) mass is 283 g/mol. The smallest absolute Gasteiger partial charge is 0.320 e. The molecule has 0 radical (unpaired) electrons. The van der Waals surface area contributed by atoms with Crippen LogP contribution < -0.4 is 15.4 Å². The van der Waals surface area contributed by atoms with Crippen LogP contribution in [0.3, 0.4) is 0 Å². The van der Waals surface area contributed by atoms with Crippen LogP contribution in [0.4, 0.5) is 10.6 Å². The highest BCUT2D eigenvalue weighted by Crippen LogP contribution is 2.27. The van der Waals surface area contributed by atoms with Gasteiger partial charge in [-0.3, -0.25) is 5.32 Å². The van der Waals surface area contributed by atoms with Crippen molar-refractivity contribution in [3.8, 4) is 5.75 Å². The Bertz CT molecular complexity index is 632. The van der Waals surface area contributed by atoms with Crippen molar-refractivity contribution < 1.29 is 9.53 Å². The molecule has 0 fully saturated rings. The maximum atomic E-state index is 11.9. The van der Waals surface area contributed by atoms with Gasteiger partial charge in [0.25, 0.3) is 0 Å². The number of hydrogen-bond donors (Lipinski definition) is 2. The average molecular weight is 283 g/mol. The van der Waals surface area contributed by atoms with Crippen LogP contribution in [-0.4, -0.2) is 23.7 Å². The molecule has 1 aromatic carbocycles. The molecule has 2 N–H and O–H groups in total. The third-order valence-electron chi connectivity index (χ3n) is 3.45. The van der Waals surface area contributed by atoms with Gasteiger partial charge in [-0.05, 0) is 30.2 Å². The second kappa shape index (κ2) is 5.83. The van der Waals surface area contributed by atoms with Crippen LogP contribution in [0.5, 0.6) is 5.75 Å². The summed E-state index contributed by atoms with van der Waals surface area (Å²) in [4.78, 5) is 16.0. The standard InChI is InChI=1S/C16H17N3O2/c1-11-5-4-8-17-15(11)19-16(20)18-10-13-9-12-6-2-3-7-14(12)21-13/h2-8,13H,9-10H2,1H3,(H2,17,18,19,20). The van der Waals surface area contributed by atoms with Crippen LogP contribution in [-0.2, 0) is 6.42 Å². The van der Waals surface area contributed by atoms with E-state index >= 15 is 0 Å². The van der Waals surface area contributed by atoms with Gasteiger partial charge in [0.15, 0.2) is 0 Å². The second-order valence-corrected chi connectivity index (χ2v) is 5.06. The first-order valence-electron chi connectivity index (χ1n) is 6.93. The summed E-state index contributed by atoms with van der Waals surface area (Å²) >= 11 is 0. The number of aromatic nitrogens is 1. The molecule has 0 saturated heterocycles. The van der Waals surface area contributed by atoms with Gasteiger partial charge in [-0.25, -0.2) is 9.78 Å². The second-order valence-electron chi connectivity index (χ2n) is 5.06. The number of anilines is 1. The maximum absolute atomic E-state index is 11.9. The van der Waals surface area contributed by atoms with E-state index in [1.54, 1.807) is 6.20 Å². The van der Waals surface area contributed by atoms with Crippen molar-refractivity contribution >= 4 is 11.8 Å². The van der Waals surface area contributed by atoms with E-state index in [4.69, 9.17) is 4.74 Å². The van der Waals surface area contributed by atoms with E-state index in [-0.39, 0.29) is 12.1 Å². The summed E-state index contributed by atoms with van der Waals surface area (Å²) in [6, 6.07) is 11.4. The van der Waals surface area contributed by atoms with Crippen molar-refractivity contribution in [2.24, 2.45) is 0 Å². The third-order valence-corrected chi connectivity index (χ3v) is 3.45. The highest BCUT2D eigenvalue weighted by molar-refractivity contribution is 5.88. The molecule has 5 nitrogen and oxygen atoms in total. The van der Waals surface area contributed by atoms with Gasteiger partial charge in [-0.15, -0.1) is 0 Å². The Morgan fingerprint density at radius 2 is 2.19 bits per heavy atom. The van der Waals surface area contributed by atoms with Crippen molar-refractivity contribution in [3.05, 3.63) is 53.7 Å². The maximum Gasteiger partial charge on any atom is 0.320 e. The Morgan fingerprint density at radius 1 is 1.33 bits per heavy atom. The molecule has 1 aromatic heterocycles. The zero-order chi connectivity index (χ0) is 14.7. The number of benzene rings is 1. The molecule has 1 aliphatic rings. The molecule has 2 aromatic rings. The first-order valence-corrected chi connectivity index (χ1v) is 6.93. The Kier molecular flexibility index (Phi) is 3.73. The number of urea groups is 1. The Balaban J connectivity index is 1.50. The molecule has 1 unspecified atom stereocenters. The number of hydrogen-bond acceptors (Lipinski definition) is 3. The van der Waals surface area contributed by atoms with Crippen LogP contribution in [0.1, 0.15) is 11.1 Å². The fourth-order valence-corrected chi connectivity index (χ4v) is 2.34. The molecule has 108 valence electrons. The zero-order valence-corrected chi connectivity index (χ0v) is 11.8. The predicted octanol–water partition coefficient (Wildman–Crippen LogP) is 2.52. The van der Waals surface area contributed by atoms with E-state index in [9.17, 15) is 4.79 Å². The lowest BCUT2D eigenvalue weighted by Gasteiger charge is -2.13. The normalized spacial score (nSPS) is 16.0. The molecular formula is C16H17N3O2. The van der Waals surface area contributed by atoms with Crippen LogP contribution in [0.15, 0.2) is 42.6 Å². The van der Waals surface area contributed by atoms with Crippen molar-refractivity contribution in [2.45, 2.75) is 19.4 Å².